The van der Waals surface area contributed by atoms with Crippen LogP contribution in [0.1, 0.15) is 18.5 Å². The van der Waals surface area contributed by atoms with Gasteiger partial charge in [-0.2, -0.15) is 4.98 Å². The van der Waals surface area contributed by atoms with E-state index < -0.39 is 5.60 Å². The number of anilines is 3. The molecule has 0 amide bonds. The minimum atomic E-state index is -0.625. The molecule has 0 unspecified atom stereocenters. The van der Waals surface area contributed by atoms with Gasteiger partial charge in [0.25, 0.3) is 0 Å². The van der Waals surface area contributed by atoms with Gasteiger partial charge in [-0.1, -0.05) is 18.2 Å². The third-order valence-corrected chi connectivity index (χ3v) is 5.91. The fourth-order valence-corrected chi connectivity index (χ4v) is 4.10. The zero-order chi connectivity index (χ0) is 20.3. The van der Waals surface area contributed by atoms with Crippen LogP contribution in [0.3, 0.4) is 0 Å². The number of aromatic nitrogens is 2. The number of rotatable bonds is 5. The molecular weight excluding hydrogens is 366 g/mol. The van der Waals surface area contributed by atoms with E-state index in [9.17, 15) is 5.11 Å². The lowest BCUT2D eigenvalue weighted by atomic mass is 9.90. The summed E-state index contributed by atoms with van der Waals surface area (Å²) in [5.74, 6) is 1.63. The first-order valence-corrected chi connectivity index (χ1v) is 10.4. The molecule has 0 atom stereocenters. The number of aliphatic hydroxyl groups is 1. The monoisotopic (exact) mass is 397 g/mol. The topological polar surface area (TPSA) is 65.0 Å². The molecule has 1 N–H and O–H groups in total. The number of nitrogens with zero attached hydrogens (tertiary/aromatic N) is 5. The molecule has 2 aliphatic rings. The largest absolute Gasteiger partial charge is 0.388 e. The van der Waals surface area contributed by atoms with Crippen LogP contribution >= 0.6 is 0 Å². The van der Waals surface area contributed by atoms with E-state index >= 15 is 0 Å². The first-order valence-electron chi connectivity index (χ1n) is 10.4. The summed E-state index contributed by atoms with van der Waals surface area (Å²) in [6, 6.07) is 12.2. The number of hydrogen-bond donors (Lipinski definition) is 1. The van der Waals surface area contributed by atoms with E-state index in [0.29, 0.717) is 5.95 Å². The Hall–Kier alpha value is -2.22. The molecule has 2 saturated heterocycles. The molecule has 3 heterocycles. The third-order valence-electron chi connectivity index (χ3n) is 5.91. The minimum absolute atomic E-state index is 0.625. The van der Waals surface area contributed by atoms with Crippen LogP contribution in [-0.2, 0) is 4.74 Å². The van der Waals surface area contributed by atoms with Gasteiger partial charge in [-0.15, -0.1) is 0 Å². The zero-order valence-corrected chi connectivity index (χ0v) is 17.4. The maximum Gasteiger partial charge on any atom is 0.231 e. The number of β-amino-alcohol motifs (C(OH)–C–C–N with tert-alkyl or cyclic N) is 1. The van der Waals surface area contributed by atoms with Gasteiger partial charge < -0.3 is 19.6 Å². The Morgan fingerprint density at radius 1 is 1.07 bits per heavy atom. The van der Waals surface area contributed by atoms with Crippen molar-refractivity contribution in [1.82, 2.24) is 14.9 Å². The van der Waals surface area contributed by atoms with Gasteiger partial charge in [0.1, 0.15) is 5.82 Å². The normalized spacial score (nSPS) is 19.9. The average molecular weight is 398 g/mol. The molecule has 2 aromatic rings. The summed E-state index contributed by atoms with van der Waals surface area (Å²) in [6.07, 6.45) is 1.49. The molecule has 7 heteroatoms. The van der Waals surface area contributed by atoms with Crippen LogP contribution in [0.2, 0.25) is 0 Å². The maximum absolute atomic E-state index is 11.1. The first kappa shape index (κ1) is 20.1. The second-order valence-corrected chi connectivity index (χ2v) is 8.16. The Morgan fingerprint density at radius 2 is 1.76 bits per heavy atom. The minimum Gasteiger partial charge on any atom is -0.388 e. The number of para-hydroxylation sites is 1. The van der Waals surface area contributed by atoms with Crippen LogP contribution < -0.4 is 9.80 Å². The van der Waals surface area contributed by atoms with E-state index in [0.717, 1.165) is 76.0 Å². The molecule has 0 bridgehead atoms. The Balaban J connectivity index is 1.43. The summed E-state index contributed by atoms with van der Waals surface area (Å²) in [5.41, 5.74) is 1.38. The van der Waals surface area contributed by atoms with Crippen molar-refractivity contribution in [3.05, 3.63) is 42.1 Å². The van der Waals surface area contributed by atoms with Crippen LogP contribution in [-0.4, -0.2) is 78.6 Å². The molecule has 1 aromatic heterocycles. The summed E-state index contributed by atoms with van der Waals surface area (Å²) < 4.78 is 5.42. The number of morpholine rings is 1. The summed E-state index contributed by atoms with van der Waals surface area (Å²) >= 11 is 0. The number of hydrogen-bond acceptors (Lipinski definition) is 7. The standard InChI is InChI=1S/C22H31N5O2/c1-18-16-20(24-21(23-18)25(2)19-6-4-3-5-7-19)27-10-8-22(28,9-11-27)17-26-12-14-29-15-13-26/h3-7,16,28H,8-15,17H2,1-2H3. The molecule has 0 spiro atoms. The van der Waals surface area contributed by atoms with Crippen molar-refractivity contribution < 1.29 is 9.84 Å². The van der Waals surface area contributed by atoms with Gasteiger partial charge in [-0.05, 0) is 31.9 Å². The van der Waals surface area contributed by atoms with Crippen molar-refractivity contribution in [2.24, 2.45) is 0 Å². The zero-order valence-electron chi connectivity index (χ0n) is 17.4. The molecule has 0 saturated carbocycles. The number of aryl methyl sites for hydroxylation is 1. The maximum atomic E-state index is 11.1. The van der Waals surface area contributed by atoms with Gasteiger partial charge in [0, 0.05) is 57.2 Å². The second-order valence-electron chi connectivity index (χ2n) is 8.16. The van der Waals surface area contributed by atoms with Crippen molar-refractivity contribution in [3.63, 3.8) is 0 Å². The van der Waals surface area contributed by atoms with E-state index in [1.165, 1.54) is 0 Å². The van der Waals surface area contributed by atoms with Gasteiger partial charge in [-0.3, -0.25) is 4.90 Å². The third kappa shape index (κ3) is 4.86. The van der Waals surface area contributed by atoms with Crippen LogP contribution in [0.15, 0.2) is 36.4 Å². The molecule has 2 aliphatic heterocycles. The summed E-state index contributed by atoms with van der Waals surface area (Å²) in [6.45, 7) is 7.68. The predicted molar refractivity (Wildman–Crippen MR) is 115 cm³/mol. The van der Waals surface area contributed by atoms with Gasteiger partial charge in [0.15, 0.2) is 0 Å². The highest BCUT2D eigenvalue weighted by Gasteiger charge is 2.35. The van der Waals surface area contributed by atoms with E-state index in [2.05, 4.69) is 26.9 Å². The summed E-state index contributed by atoms with van der Waals surface area (Å²) in [7, 11) is 1.99. The molecule has 7 nitrogen and oxygen atoms in total. The van der Waals surface area contributed by atoms with Crippen molar-refractivity contribution in [3.8, 4) is 0 Å². The number of ether oxygens (including phenoxy) is 1. The van der Waals surface area contributed by atoms with E-state index in [1.807, 2.05) is 43.1 Å². The Bertz CT molecular complexity index is 802. The highest BCUT2D eigenvalue weighted by molar-refractivity contribution is 5.58. The fourth-order valence-electron chi connectivity index (χ4n) is 4.10. The molecule has 0 aliphatic carbocycles. The smallest absolute Gasteiger partial charge is 0.231 e. The van der Waals surface area contributed by atoms with Crippen molar-refractivity contribution in [1.29, 1.82) is 0 Å². The Labute approximate surface area is 172 Å². The lowest BCUT2D eigenvalue weighted by molar-refractivity contribution is -0.0441. The van der Waals surface area contributed by atoms with Crippen molar-refractivity contribution in [2.45, 2.75) is 25.4 Å². The molecule has 156 valence electrons. The SMILES string of the molecule is Cc1cc(N2CCC(O)(CN3CCOCC3)CC2)nc(N(C)c2ccccc2)n1. The lowest BCUT2D eigenvalue weighted by Crippen LogP contribution is -2.53. The molecule has 4 rings (SSSR count). The van der Waals surface area contributed by atoms with Crippen LogP contribution in [0, 0.1) is 6.92 Å². The number of benzene rings is 1. The van der Waals surface area contributed by atoms with Gasteiger partial charge in [0.2, 0.25) is 5.95 Å². The van der Waals surface area contributed by atoms with E-state index in [1.54, 1.807) is 0 Å². The molecule has 0 radical (unpaired) electrons. The molecule has 2 fully saturated rings. The fraction of sp³-hybridized carbons (Fsp3) is 0.545. The molecular formula is C22H31N5O2. The number of piperidine rings is 1. The first-order chi connectivity index (χ1) is 14.0. The van der Waals surface area contributed by atoms with E-state index in [4.69, 9.17) is 9.72 Å². The molecule has 29 heavy (non-hydrogen) atoms. The highest BCUT2D eigenvalue weighted by Crippen LogP contribution is 2.29. The predicted octanol–water partition coefficient (Wildman–Crippen LogP) is 2.22. The van der Waals surface area contributed by atoms with Gasteiger partial charge in [-0.25, -0.2) is 4.98 Å². The lowest BCUT2D eigenvalue weighted by Gasteiger charge is -2.42. The quantitative estimate of drug-likeness (QED) is 0.830. The van der Waals surface area contributed by atoms with Crippen molar-refractivity contribution >= 4 is 17.5 Å². The van der Waals surface area contributed by atoms with Crippen LogP contribution in [0.4, 0.5) is 17.5 Å². The van der Waals surface area contributed by atoms with Crippen LogP contribution in [0.25, 0.3) is 0 Å². The van der Waals surface area contributed by atoms with Crippen molar-refractivity contribution in [2.75, 3.05) is 62.8 Å². The Morgan fingerprint density at radius 3 is 2.45 bits per heavy atom. The average Bonchev–Trinajstić information content (AvgIpc) is 2.74. The second kappa shape index (κ2) is 8.65. The van der Waals surface area contributed by atoms with Crippen LogP contribution in [0.5, 0.6) is 0 Å². The summed E-state index contributed by atoms with van der Waals surface area (Å²) in [4.78, 5) is 16.1. The van der Waals surface area contributed by atoms with Gasteiger partial charge in [0.05, 0.1) is 18.8 Å². The highest BCUT2D eigenvalue weighted by atomic mass is 16.5. The summed E-state index contributed by atoms with van der Waals surface area (Å²) in [5, 5.41) is 11.1. The Kier molecular flexibility index (Phi) is 5.99. The van der Waals surface area contributed by atoms with Gasteiger partial charge >= 0.3 is 0 Å². The molecule has 1 aromatic carbocycles. The van der Waals surface area contributed by atoms with E-state index in [-0.39, 0.29) is 0 Å².